The first-order valence-electron chi connectivity index (χ1n) is 9.77. The third kappa shape index (κ3) is 5.69. The highest BCUT2D eigenvalue weighted by Crippen LogP contribution is 2.20. The molecule has 164 valence electrons. The Morgan fingerprint density at radius 1 is 0.719 bits per heavy atom. The second-order valence-corrected chi connectivity index (χ2v) is 9.05. The normalized spacial score (nSPS) is 18.2. The highest BCUT2D eigenvalue weighted by Gasteiger charge is 2.24. The van der Waals surface area contributed by atoms with Crippen molar-refractivity contribution in [3.05, 3.63) is 80.0 Å². The van der Waals surface area contributed by atoms with Gasteiger partial charge in [0, 0.05) is 23.0 Å². The van der Waals surface area contributed by atoms with Crippen LogP contribution in [0.15, 0.2) is 78.9 Å². The maximum Gasteiger partial charge on any atom is 0.277 e. The van der Waals surface area contributed by atoms with Gasteiger partial charge >= 0.3 is 0 Å². The van der Waals surface area contributed by atoms with E-state index in [2.05, 4.69) is 41.8 Å². The smallest absolute Gasteiger partial charge is 0.277 e. The van der Waals surface area contributed by atoms with E-state index in [4.69, 9.17) is 0 Å². The van der Waals surface area contributed by atoms with Gasteiger partial charge in [0.15, 0.2) is 0 Å². The van der Waals surface area contributed by atoms with Gasteiger partial charge in [-0.05, 0) is 61.4 Å². The predicted octanol–water partition coefficient (Wildman–Crippen LogP) is 5.36. The first-order valence-corrected chi connectivity index (χ1v) is 11.4. The van der Waals surface area contributed by atoms with E-state index in [9.17, 15) is 9.59 Å². The number of hydrogen-bond acceptors (Lipinski definition) is 4. The van der Waals surface area contributed by atoms with Gasteiger partial charge in [-0.3, -0.25) is 19.4 Å². The van der Waals surface area contributed by atoms with Crippen molar-refractivity contribution >= 4 is 67.5 Å². The number of nitrogens with zero attached hydrogens (tertiary/aromatic N) is 4. The van der Waals surface area contributed by atoms with E-state index in [0.717, 1.165) is 31.7 Å². The molecule has 8 heteroatoms. The number of carbonyl (C=O) groups excluding carboxylic acids is 2. The van der Waals surface area contributed by atoms with Crippen LogP contribution in [0.25, 0.3) is 12.2 Å². The number of aliphatic imine (C=N–C) groups is 2. The molecule has 32 heavy (non-hydrogen) atoms. The molecule has 0 unspecified atom stereocenters. The van der Waals surface area contributed by atoms with Crippen molar-refractivity contribution in [2.45, 2.75) is 13.8 Å². The van der Waals surface area contributed by atoms with Crippen LogP contribution in [-0.2, 0) is 9.59 Å². The van der Waals surface area contributed by atoms with Gasteiger partial charge in [0.2, 0.25) is 0 Å². The minimum Gasteiger partial charge on any atom is -0.298 e. The summed E-state index contributed by atoms with van der Waals surface area (Å²) in [5.41, 5.74) is 2.89. The Labute approximate surface area is 204 Å². The van der Waals surface area contributed by atoms with E-state index < -0.39 is 0 Å². The molecule has 0 N–H and O–H groups in total. The molecule has 0 bridgehead atoms. The number of carbonyl (C=O) groups is 2. The number of likely N-dealkylation sites (N-methyl/N-ethyl adjacent to an activating group) is 2. The maximum atomic E-state index is 11.7. The van der Waals surface area contributed by atoms with Crippen molar-refractivity contribution in [1.29, 1.82) is 0 Å². The highest BCUT2D eigenvalue weighted by atomic mass is 79.9. The van der Waals surface area contributed by atoms with Crippen molar-refractivity contribution in [1.82, 2.24) is 9.80 Å². The lowest BCUT2D eigenvalue weighted by Gasteiger charge is -2.05. The molecule has 0 fully saturated rings. The second-order valence-electron chi connectivity index (χ2n) is 7.22. The Balaban J connectivity index is 0.000000181. The molecule has 2 heterocycles. The molecule has 2 aliphatic rings. The Morgan fingerprint density at radius 2 is 1.09 bits per heavy atom. The number of rotatable bonds is 2. The molecule has 2 amide bonds. The summed E-state index contributed by atoms with van der Waals surface area (Å²) < 4.78 is 1.97. The van der Waals surface area contributed by atoms with Crippen LogP contribution in [0.2, 0.25) is 0 Å². The Morgan fingerprint density at radius 3 is 1.38 bits per heavy atom. The van der Waals surface area contributed by atoms with Crippen molar-refractivity contribution in [2.24, 2.45) is 9.98 Å². The molecule has 2 aromatic rings. The number of amidine groups is 2. The van der Waals surface area contributed by atoms with E-state index in [1.165, 1.54) is 0 Å². The van der Waals surface area contributed by atoms with E-state index >= 15 is 0 Å². The van der Waals surface area contributed by atoms with Gasteiger partial charge in [-0.15, -0.1) is 0 Å². The van der Waals surface area contributed by atoms with Crippen molar-refractivity contribution in [3.63, 3.8) is 0 Å². The van der Waals surface area contributed by atoms with Gasteiger partial charge in [0.1, 0.15) is 23.1 Å². The second kappa shape index (κ2) is 10.2. The fourth-order valence-corrected chi connectivity index (χ4v) is 3.76. The molecule has 0 aliphatic carbocycles. The number of halogens is 2. The summed E-state index contributed by atoms with van der Waals surface area (Å²) in [5.74, 6) is 1.34. The topological polar surface area (TPSA) is 65.3 Å². The molecule has 4 rings (SSSR count). The number of benzene rings is 2. The average Bonchev–Trinajstić information content (AvgIpc) is 3.12. The van der Waals surface area contributed by atoms with Gasteiger partial charge < -0.3 is 0 Å². The number of amides is 2. The van der Waals surface area contributed by atoms with Crippen LogP contribution in [0.3, 0.4) is 0 Å². The molecule has 0 saturated heterocycles. The van der Waals surface area contributed by atoms with Gasteiger partial charge in [-0.25, -0.2) is 9.98 Å². The molecule has 2 aliphatic heterocycles. The summed E-state index contributed by atoms with van der Waals surface area (Å²) in [5, 5.41) is 0. The quantitative estimate of drug-likeness (QED) is 0.466. The minimum absolute atomic E-state index is 0.0579. The molecule has 2 aromatic carbocycles. The van der Waals surface area contributed by atoms with E-state index in [0.29, 0.717) is 11.4 Å². The van der Waals surface area contributed by atoms with Crippen LogP contribution >= 0.6 is 31.9 Å². The van der Waals surface area contributed by atoms with Crippen LogP contribution in [0.4, 0.5) is 0 Å². The lowest BCUT2D eigenvalue weighted by Crippen LogP contribution is -2.25. The van der Waals surface area contributed by atoms with Gasteiger partial charge in [0.05, 0.1) is 0 Å². The SMILES string of the molecule is CC1=N/C(=C\c2cccc(Br)c2)C(=O)N1C.CC1=N/C(=C\c2cccc(Br)c2)C(=O)N1C. The lowest BCUT2D eigenvalue weighted by atomic mass is 10.2. The van der Waals surface area contributed by atoms with E-state index in [1.807, 2.05) is 62.4 Å². The molecule has 6 nitrogen and oxygen atoms in total. The van der Waals surface area contributed by atoms with Crippen LogP contribution in [0.5, 0.6) is 0 Å². The summed E-state index contributed by atoms with van der Waals surface area (Å²) in [6.45, 7) is 3.64. The lowest BCUT2D eigenvalue weighted by molar-refractivity contribution is -0.122. The molecule has 0 spiro atoms. The highest BCUT2D eigenvalue weighted by molar-refractivity contribution is 9.10. The van der Waals surface area contributed by atoms with Crippen LogP contribution < -0.4 is 0 Å². The first kappa shape index (κ1) is 23.8. The Kier molecular flexibility index (Phi) is 7.58. The summed E-state index contributed by atoms with van der Waals surface area (Å²) in [6.07, 6.45) is 3.58. The standard InChI is InChI=1S/2C12H11BrN2O/c2*1-8-14-11(12(16)15(8)2)7-9-4-3-5-10(13)6-9/h2*3-7H,1-2H3/b2*11-7-. The van der Waals surface area contributed by atoms with E-state index in [-0.39, 0.29) is 11.8 Å². The summed E-state index contributed by atoms with van der Waals surface area (Å²) in [6, 6.07) is 15.5. The molecule has 0 aromatic heterocycles. The summed E-state index contributed by atoms with van der Waals surface area (Å²) >= 11 is 6.78. The largest absolute Gasteiger partial charge is 0.298 e. The first-order chi connectivity index (χ1) is 15.2. The fourth-order valence-electron chi connectivity index (χ4n) is 2.93. The predicted molar refractivity (Wildman–Crippen MR) is 136 cm³/mol. The van der Waals surface area contributed by atoms with Crippen LogP contribution in [-0.4, -0.2) is 47.4 Å². The maximum absolute atomic E-state index is 11.7. The van der Waals surface area contributed by atoms with Crippen molar-refractivity contribution in [2.75, 3.05) is 14.1 Å². The molecule has 0 saturated carbocycles. The van der Waals surface area contributed by atoms with Crippen molar-refractivity contribution in [3.8, 4) is 0 Å². The van der Waals surface area contributed by atoms with Gasteiger partial charge in [-0.2, -0.15) is 0 Å². The zero-order chi connectivity index (χ0) is 23.4. The summed E-state index contributed by atoms with van der Waals surface area (Å²) in [7, 11) is 3.45. The molecule has 0 radical (unpaired) electrons. The summed E-state index contributed by atoms with van der Waals surface area (Å²) in [4.78, 5) is 35.0. The molecular weight excluding hydrogens is 536 g/mol. The zero-order valence-corrected chi connectivity index (χ0v) is 21.3. The third-order valence-corrected chi connectivity index (χ3v) is 5.87. The molecular formula is C24H22Br2N4O2. The average molecular weight is 558 g/mol. The Hall–Kier alpha value is -2.84. The monoisotopic (exact) mass is 556 g/mol. The minimum atomic E-state index is -0.0579. The number of hydrogen-bond donors (Lipinski definition) is 0. The van der Waals surface area contributed by atoms with Gasteiger partial charge in [-0.1, -0.05) is 56.1 Å². The molecule has 0 atom stereocenters. The van der Waals surface area contributed by atoms with Crippen LogP contribution in [0, 0.1) is 0 Å². The Bertz CT molecular complexity index is 1100. The van der Waals surface area contributed by atoms with Gasteiger partial charge in [0.25, 0.3) is 11.8 Å². The fraction of sp³-hybridized carbons (Fsp3) is 0.167. The van der Waals surface area contributed by atoms with Crippen LogP contribution in [0.1, 0.15) is 25.0 Å². The van der Waals surface area contributed by atoms with Crippen molar-refractivity contribution < 1.29 is 9.59 Å². The van der Waals surface area contributed by atoms with E-state index in [1.54, 1.807) is 36.0 Å². The third-order valence-electron chi connectivity index (χ3n) is 4.89. The zero-order valence-electron chi connectivity index (χ0n) is 18.1.